The van der Waals surface area contributed by atoms with Gasteiger partial charge in [-0.15, -0.1) is 0 Å². The van der Waals surface area contributed by atoms with E-state index in [4.69, 9.17) is 9.47 Å². The lowest BCUT2D eigenvalue weighted by molar-refractivity contribution is -0.145. The van der Waals surface area contributed by atoms with Crippen molar-refractivity contribution in [2.75, 3.05) is 31.2 Å². The second kappa shape index (κ2) is 5.95. The summed E-state index contributed by atoms with van der Waals surface area (Å²) in [6.07, 6.45) is 0. The molecule has 0 saturated carbocycles. The van der Waals surface area contributed by atoms with Crippen molar-refractivity contribution in [1.29, 1.82) is 0 Å². The van der Waals surface area contributed by atoms with E-state index in [0.717, 1.165) is 30.1 Å². The lowest BCUT2D eigenvalue weighted by atomic mass is 10.0. The normalized spacial score (nSPS) is 16.7. The molecule has 4 heteroatoms. The van der Waals surface area contributed by atoms with Crippen LogP contribution in [0.2, 0.25) is 0 Å². The molecule has 0 spiro atoms. The van der Waals surface area contributed by atoms with Crippen LogP contribution in [0.5, 0.6) is 5.75 Å². The fourth-order valence-corrected chi connectivity index (χ4v) is 2.48. The lowest BCUT2D eigenvalue weighted by Gasteiger charge is -2.23. The first-order valence-electron chi connectivity index (χ1n) is 6.90. The van der Waals surface area contributed by atoms with Crippen molar-refractivity contribution in [3.8, 4) is 5.75 Å². The number of benzene rings is 1. The first-order valence-corrected chi connectivity index (χ1v) is 6.90. The van der Waals surface area contributed by atoms with Crippen LogP contribution in [0.3, 0.4) is 0 Å². The fourth-order valence-electron chi connectivity index (χ4n) is 2.48. The highest BCUT2D eigenvalue weighted by atomic mass is 16.5. The van der Waals surface area contributed by atoms with Gasteiger partial charge in [-0.3, -0.25) is 4.79 Å². The largest absolute Gasteiger partial charge is 0.490 e. The van der Waals surface area contributed by atoms with E-state index >= 15 is 0 Å². The van der Waals surface area contributed by atoms with Crippen molar-refractivity contribution in [3.63, 3.8) is 0 Å². The van der Waals surface area contributed by atoms with Crippen molar-refractivity contribution in [2.24, 2.45) is 0 Å². The number of nitrogens with zero attached hydrogens (tertiary/aromatic N) is 1. The van der Waals surface area contributed by atoms with Crippen molar-refractivity contribution >= 4 is 11.7 Å². The maximum atomic E-state index is 11.9. The zero-order valence-electron chi connectivity index (χ0n) is 11.8. The molecule has 1 aliphatic rings. The molecule has 0 bridgehead atoms. The predicted octanol–water partition coefficient (Wildman–Crippen LogP) is 2.57. The first kappa shape index (κ1) is 13.7. The van der Waals surface area contributed by atoms with E-state index in [2.05, 4.69) is 18.7 Å². The Morgan fingerprint density at radius 2 is 2.11 bits per heavy atom. The van der Waals surface area contributed by atoms with Gasteiger partial charge in [0.2, 0.25) is 0 Å². The van der Waals surface area contributed by atoms with E-state index in [0.29, 0.717) is 13.2 Å². The third-order valence-corrected chi connectivity index (χ3v) is 3.47. The molecule has 2 rings (SSSR count). The molecule has 0 amide bonds. The Hall–Kier alpha value is -1.71. The van der Waals surface area contributed by atoms with Crippen molar-refractivity contribution in [1.82, 2.24) is 0 Å². The SMILES string of the molecule is CCOC(=O)C1COc2c1cccc2N(CC)CC. The minimum Gasteiger partial charge on any atom is -0.490 e. The summed E-state index contributed by atoms with van der Waals surface area (Å²) in [4.78, 5) is 14.1. The monoisotopic (exact) mass is 263 g/mol. The average Bonchev–Trinajstić information content (AvgIpc) is 2.85. The van der Waals surface area contributed by atoms with Gasteiger partial charge in [-0.25, -0.2) is 0 Å². The Balaban J connectivity index is 2.32. The predicted molar refractivity (Wildman–Crippen MR) is 74.9 cm³/mol. The van der Waals surface area contributed by atoms with Gasteiger partial charge < -0.3 is 14.4 Å². The van der Waals surface area contributed by atoms with E-state index < -0.39 is 0 Å². The summed E-state index contributed by atoms with van der Waals surface area (Å²) in [5.41, 5.74) is 2.01. The van der Waals surface area contributed by atoms with Gasteiger partial charge >= 0.3 is 5.97 Å². The Kier molecular flexibility index (Phi) is 4.30. The van der Waals surface area contributed by atoms with Gasteiger partial charge in [0.25, 0.3) is 0 Å². The molecule has 1 unspecified atom stereocenters. The summed E-state index contributed by atoms with van der Waals surface area (Å²) in [7, 11) is 0. The summed E-state index contributed by atoms with van der Waals surface area (Å²) in [5.74, 6) is 0.354. The zero-order chi connectivity index (χ0) is 13.8. The van der Waals surface area contributed by atoms with Crippen LogP contribution in [0.25, 0.3) is 0 Å². The maximum absolute atomic E-state index is 11.9. The number of para-hydroxylation sites is 1. The molecule has 0 aliphatic carbocycles. The summed E-state index contributed by atoms with van der Waals surface area (Å²) in [5, 5.41) is 0. The number of hydrogen-bond donors (Lipinski definition) is 0. The number of carbonyl (C=O) groups excluding carboxylic acids is 1. The molecule has 104 valence electrons. The summed E-state index contributed by atoms with van der Waals surface area (Å²) in [6.45, 7) is 8.66. The number of carbonyl (C=O) groups is 1. The summed E-state index contributed by atoms with van der Waals surface area (Å²) >= 11 is 0. The molecule has 0 radical (unpaired) electrons. The molecule has 1 atom stereocenters. The molecule has 4 nitrogen and oxygen atoms in total. The number of rotatable bonds is 5. The van der Waals surface area contributed by atoms with Crippen LogP contribution in [0.4, 0.5) is 5.69 Å². The third-order valence-electron chi connectivity index (χ3n) is 3.47. The van der Waals surface area contributed by atoms with Crippen LogP contribution in [-0.4, -0.2) is 32.3 Å². The smallest absolute Gasteiger partial charge is 0.317 e. The molecule has 0 saturated heterocycles. The van der Waals surface area contributed by atoms with Crippen molar-refractivity contribution in [3.05, 3.63) is 23.8 Å². The molecule has 19 heavy (non-hydrogen) atoms. The topological polar surface area (TPSA) is 38.8 Å². The van der Waals surface area contributed by atoms with Crippen LogP contribution in [0.15, 0.2) is 18.2 Å². The highest BCUT2D eigenvalue weighted by Gasteiger charge is 2.33. The van der Waals surface area contributed by atoms with Crippen LogP contribution >= 0.6 is 0 Å². The molecule has 0 aromatic heterocycles. The first-order chi connectivity index (χ1) is 9.22. The molecule has 1 aliphatic heterocycles. The molecule has 1 heterocycles. The average molecular weight is 263 g/mol. The van der Waals surface area contributed by atoms with Gasteiger partial charge in [-0.05, 0) is 26.8 Å². The molecule has 0 fully saturated rings. The van der Waals surface area contributed by atoms with Gasteiger partial charge in [-0.2, -0.15) is 0 Å². The van der Waals surface area contributed by atoms with Gasteiger partial charge in [0.1, 0.15) is 18.3 Å². The fraction of sp³-hybridized carbons (Fsp3) is 0.533. The number of anilines is 1. The number of esters is 1. The van der Waals surface area contributed by atoms with Crippen molar-refractivity contribution < 1.29 is 14.3 Å². The quantitative estimate of drug-likeness (QED) is 0.765. The van der Waals surface area contributed by atoms with Crippen LogP contribution in [0, 0.1) is 0 Å². The number of hydrogen-bond acceptors (Lipinski definition) is 4. The summed E-state index contributed by atoms with van der Waals surface area (Å²) in [6, 6.07) is 5.98. The van der Waals surface area contributed by atoms with Crippen LogP contribution in [-0.2, 0) is 9.53 Å². The van der Waals surface area contributed by atoms with E-state index in [9.17, 15) is 4.79 Å². The minimum atomic E-state index is -0.287. The Morgan fingerprint density at radius 3 is 2.74 bits per heavy atom. The molecular weight excluding hydrogens is 242 g/mol. The van der Waals surface area contributed by atoms with Crippen LogP contribution in [0.1, 0.15) is 32.3 Å². The van der Waals surface area contributed by atoms with Crippen molar-refractivity contribution in [2.45, 2.75) is 26.7 Å². The Morgan fingerprint density at radius 1 is 1.37 bits per heavy atom. The highest BCUT2D eigenvalue weighted by molar-refractivity contribution is 5.82. The lowest BCUT2D eigenvalue weighted by Crippen LogP contribution is -2.22. The zero-order valence-corrected chi connectivity index (χ0v) is 11.8. The van der Waals surface area contributed by atoms with E-state index in [-0.39, 0.29) is 11.9 Å². The molecular formula is C15H21NO3. The van der Waals surface area contributed by atoms with E-state index in [1.807, 2.05) is 25.1 Å². The number of fused-ring (bicyclic) bond motifs is 1. The number of ether oxygens (including phenoxy) is 2. The standard InChI is InChI=1S/C15H21NO3/c1-4-16(5-2)13-9-7-8-11-12(10-19-14(11)13)15(17)18-6-3/h7-9,12H,4-6,10H2,1-3H3. The Bertz CT molecular complexity index is 455. The molecule has 1 aromatic carbocycles. The van der Waals surface area contributed by atoms with Gasteiger partial charge in [0.15, 0.2) is 0 Å². The second-order valence-electron chi connectivity index (χ2n) is 4.48. The molecule has 0 N–H and O–H groups in total. The van der Waals surface area contributed by atoms with Crippen LogP contribution < -0.4 is 9.64 Å². The highest BCUT2D eigenvalue weighted by Crippen LogP contribution is 2.41. The van der Waals surface area contributed by atoms with E-state index in [1.165, 1.54) is 0 Å². The Labute approximate surface area is 114 Å². The summed E-state index contributed by atoms with van der Waals surface area (Å²) < 4.78 is 10.9. The maximum Gasteiger partial charge on any atom is 0.317 e. The minimum absolute atomic E-state index is 0.196. The van der Waals surface area contributed by atoms with Gasteiger partial charge in [0, 0.05) is 18.7 Å². The van der Waals surface area contributed by atoms with Gasteiger partial charge in [-0.1, -0.05) is 12.1 Å². The molecule has 1 aromatic rings. The third kappa shape index (κ3) is 2.53. The second-order valence-corrected chi connectivity index (χ2v) is 4.48. The van der Waals surface area contributed by atoms with E-state index in [1.54, 1.807) is 0 Å². The van der Waals surface area contributed by atoms with Gasteiger partial charge in [0.05, 0.1) is 12.3 Å².